The number of hydrogen-bond donors (Lipinski definition) is 0. The van der Waals surface area contributed by atoms with E-state index in [1.807, 2.05) is 25.1 Å². The molecule has 0 N–H and O–H groups in total. The quantitative estimate of drug-likeness (QED) is 0.686. The van der Waals surface area contributed by atoms with E-state index in [4.69, 9.17) is 9.47 Å². The van der Waals surface area contributed by atoms with Gasteiger partial charge in [0.15, 0.2) is 11.5 Å². The van der Waals surface area contributed by atoms with E-state index in [-0.39, 0.29) is 18.5 Å². The molecule has 3 amide bonds. The van der Waals surface area contributed by atoms with Gasteiger partial charge in [0.2, 0.25) is 5.91 Å². The third-order valence-corrected chi connectivity index (χ3v) is 4.45. The number of nitrogens with zero attached hydrogens (tertiary/aromatic N) is 2. The Balaban J connectivity index is 1.55. The standard InChI is InChI=1S/C18H24N2O4/c1-3-24-16-11-13(6-9-15(16)23-2)5-4-10-19-17(21)12-20(18(19)22)14-7-8-14/h6,9,11,14H,3-5,7-8,10,12H2,1-2H3. The summed E-state index contributed by atoms with van der Waals surface area (Å²) in [5.41, 5.74) is 1.11. The second-order valence-electron chi connectivity index (χ2n) is 6.21. The molecular weight excluding hydrogens is 308 g/mol. The van der Waals surface area contributed by atoms with E-state index in [9.17, 15) is 9.59 Å². The molecule has 0 aromatic heterocycles. The maximum atomic E-state index is 12.3. The van der Waals surface area contributed by atoms with Crippen LogP contribution in [0.5, 0.6) is 11.5 Å². The molecule has 0 spiro atoms. The Hall–Kier alpha value is -2.24. The molecule has 0 atom stereocenters. The van der Waals surface area contributed by atoms with Gasteiger partial charge in [0.25, 0.3) is 0 Å². The van der Waals surface area contributed by atoms with Gasteiger partial charge in [-0.3, -0.25) is 9.69 Å². The third kappa shape index (κ3) is 3.47. The second-order valence-corrected chi connectivity index (χ2v) is 6.21. The van der Waals surface area contributed by atoms with Gasteiger partial charge in [-0.1, -0.05) is 6.07 Å². The monoisotopic (exact) mass is 332 g/mol. The highest BCUT2D eigenvalue weighted by molar-refractivity contribution is 6.02. The molecule has 0 unspecified atom stereocenters. The Bertz CT molecular complexity index is 627. The lowest BCUT2D eigenvalue weighted by Gasteiger charge is -2.16. The summed E-state index contributed by atoms with van der Waals surface area (Å²) in [7, 11) is 1.62. The zero-order valence-electron chi connectivity index (χ0n) is 14.3. The van der Waals surface area contributed by atoms with Crippen LogP contribution in [0.3, 0.4) is 0 Å². The Labute approximate surface area is 142 Å². The van der Waals surface area contributed by atoms with E-state index in [0.717, 1.165) is 37.0 Å². The average Bonchev–Trinajstić information content (AvgIpc) is 3.37. The van der Waals surface area contributed by atoms with Crippen molar-refractivity contribution in [3.63, 3.8) is 0 Å². The summed E-state index contributed by atoms with van der Waals surface area (Å²) in [6.07, 6.45) is 3.58. The van der Waals surface area contributed by atoms with Crippen LogP contribution in [-0.2, 0) is 11.2 Å². The lowest BCUT2D eigenvalue weighted by atomic mass is 10.1. The van der Waals surface area contributed by atoms with E-state index in [1.165, 1.54) is 4.90 Å². The van der Waals surface area contributed by atoms with Gasteiger partial charge in [0.05, 0.1) is 13.7 Å². The van der Waals surface area contributed by atoms with Gasteiger partial charge in [-0.05, 0) is 50.3 Å². The molecule has 1 heterocycles. The van der Waals surface area contributed by atoms with Crippen molar-refractivity contribution >= 4 is 11.9 Å². The fourth-order valence-electron chi connectivity index (χ4n) is 3.04. The van der Waals surface area contributed by atoms with Crippen molar-refractivity contribution in [2.45, 2.75) is 38.6 Å². The smallest absolute Gasteiger partial charge is 0.327 e. The zero-order valence-corrected chi connectivity index (χ0v) is 14.3. The first-order valence-electron chi connectivity index (χ1n) is 8.54. The zero-order chi connectivity index (χ0) is 17.1. The molecule has 6 heteroatoms. The van der Waals surface area contributed by atoms with Gasteiger partial charge < -0.3 is 14.4 Å². The Morgan fingerprint density at radius 2 is 2.00 bits per heavy atom. The summed E-state index contributed by atoms with van der Waals surface area (Å²) >= 11 is 0. The van der Waals surface area contributed by atoms with Crippen molar-refractivity contribution in [2.75, 3.05) is 26.8 Å². The summed E-state index contributed by atoms with van der Waals surface area (Å²) in [4.78, 5) is 27.4. The number of benzene rings is 1. The summed E-state index contributed by atoms with van der Waals surface area (Å²) in [5.74, 6) is 1.37. The molecule has 0 bridgehead atoms. The van der Waals surface area contributed by atoms with Crippen LogP contribution in [0, 0.1) is 0 Å². The molecule has 1 aromatic carbocycles. The fraction of sp³-hybridized carbons (Fsp3) is 0.556. The number of ether oxygens (including phenoxy) is 2. The van der Waals surface area contributed by atoms with Crippen LogP contribution in [-0.4, -0.2) is 54.6 Å². The second kappa shape index (κ2) is 7.11. The van der Waals surface area contributed by atoms with Gasteiger partial charge >= 0.3 is 6.03 Å². The van der Waals surface area contributed by atoms with Crippen LogP contribution < -0.4 is 9.47 Å². The normalized spacial score (nSPS) is 17.6. The van der Waals surface area contributed by atoms with Crippen molar-refractivity contribution < 1.29 is 19.1 Å². The Kier molecular flexibility index (Phi) is 4.92. The van der Waals surface area contributed by atoms with Crippen molar-refractivity contribution in [3.8, 4) is 11.5 Å². The van der Waals surface area contributed by atoms with Gasteiger partial charge in [0.1, 0.15) is 6.54 Å². The van der Waals surface area contributed by atoms with Crippen LogP contribution in [0.4, 0.5) is 4.79 Å². The van der Waals surface area contributed by atoms with Crippen molar-refractivity contribution in [1.29, 1.82) is 0 Å². The Morgan fingerprint density at radius 1 is 1.21 bits per heavy atom. The van der Waals surface area contributed by atoms with Gasteiger partial charge in [-0.15, -0.1) is 0 Å². The number of carbonyl (C=O) groups excluding carboxylic acids is 2. The molecule has 1 saturated carbocycles. The van der Waals surface area contributed by atoms with Crippen LogP contribution in [0.25, 0.3) is 0 Å². The number of hydrogen-bond acceptors (Lipinski definition) is 4. The number of methoxy groups -OCH3 is 1. The highest BCUT2D eigenvalue weighted by atomic mass is 16.5. The fourth-order valence-corrected chi connectivity index (χ4v) is 3.04. The molecule has 2 aliphatic rings. The van der Waals surface area contributed by atoms with E-state index in [1.54, 1.807) is 12.0 Å². The number of carbonyl (C=O) groups is 2. The first-order chi connectivity index (χ1) is 11.6. The molecule has 2 fully saturated rings. The number of rotatable bonds is 8. The van der Waals surface area contributed by atoms with Crippen molar-refractivity contribution in [1.82, 2.24) is 9.80 Å². The summed E-state index contributed by atoms with van der Waals surface area (Å²) in [5, 5.41) is 0. The van der Waals surface area contributed by atoms with E-state index in [0.29, 0.717) is 24.9 Å². The van der Waals surface area contributed by atoms with E-state index < -0.39 is 0 Å². The minimum Gasteiger partial charge on any atom is -0.493 e. The van der Waals surface area contributed by atoms with Crippen molar-refractivity contribution in [3.05, 3.63) is 23.8 Å². The molecule has 0 radical (unpaired) electrons. The third-order valence-electron chi connectivity index (χ3n) is 4.45. The first kappa shape index (κ1) is 16.6. The summed E-state index contributed by atoms with van der Waals surface area (Å²) in [6, 6.07) is 6.02. The van der Waals surface area contributed by atoms with Crippen molar-refractivity contribution in [2.24, 2.45) is 0 Å². The van der Waals surface area contributed by atoms with Gasteiger partial charge in [0, 0.05) is 12.6 Å². The molecule has 1 saturated heterocycles. The minimum absolute atomic E-state index is 0.0726. The number of aryl methyl sites for hydroxylation is 1. The molecule has 3 rings (SSSR count). The first-order valence-corrected chi connectivity index (χ1v) is 8.54. The number of imide groups is 1. The lowest BCUT2D eigenvalue weighted by molar-refractivity contribution is -0.125. The average molecular weight is 332 g/mol. The number of amides is 3. The predicted octanol–water partition coefficient (Wildman–Crippen LogP) is 2.45. The molecule has 130 valence electrons. The highest BCUT2D eigenvalue weighted by Gasteiger charge is 2.43. The van der Waals surface area contributed by atoms with E-state index >= 15 is 0 Å². The van der Waals surface area contributed by atoms with Crippen LogP contribution in [0.1, 0.15) is 31.7 Å². The molecule has 24 heavy (non-hydrogen) atoms. The highest BCUT2D eigenvalue weighted by Crippen LogP contribution is 2.31. The van der Waals surface area contributed by atoms with Gasteiger partial charge in [-0.2, -0.15) is 0 Å². The summed E-state index contributed by atoms with van der Waals surface area (Å²) in [6.45, 7) is 3.23. The Morgan fingerprint density at radius 3 is 2.67 bits per heavy atom. The minimum atomic E-state index is -0.118. The predicted molar refractivity (Wildman–Crippen MR) is 89.3 cm³/mol. The van der Waals surface area contributed by atoms with E-state index in [2.05, 4.69) is 0 Å². The molecule has 1 aliphatic carbocycles. The molecule has 1 aromatic rings. The topological polar surface area (TPSA) is 59.1 Å². The van der Waals surface area contributed by atoms with Crippen LogP contribution >= 0.6 is 0 Å². The van der Waals surface area contributed by atoms with Crippen LogP contribution in [0.15, 0.2) is 18.2 Å². The lowest BCUT2D eigenvalue weighted by Crippen LogP contribution is -2.34. The summed E-state index contributed by atoms with van der Waals surface area (Å²) < 4.78 is 10.9. The molecule has 6 nitrogen and oxygen atoms in total. The number of urea groups is 1. The van der Waals surface area contributed by atoms with Gasteiger partial charge in [-0.25, -0.2) is 4.79 Å². The molecular formula is C18H24N2O4. The molecule has 1 aliphatic heterocycles. The maximum absolute atomic E-state index is 12.3. The van der Waals surface area contributed by atoms with Crippen LogP contribution in [0.2, 0.25) is 0 Å². The maximum Gasteiger partial charge on any atom is 0.327 e. The SMILES string of the molecule is CCOc1cc(CCCN2C(=O)CN(C3CC3)C2=O)ccc1OC. The largest absolute Gasteiger partial charge is 0.493 e.